The fourth-order valence-electron chi connectivity index (χ4n) is 2.33. The SMILES string of the molecule is CN(CCN)c1ncc2c(n1)CCC(C)(C)C2. The van der Waals surface area contributed by atoms with E-state index >= 15 is 0 Å². The Bertz CT molecular complexity index is 400. The molecule has 94 valence electrons. The first-order valence-electron chi connectivity index (χ1n) is 6.28. The molecule has 0 radical (unpaired) electrons. The van der Waals surface area contributed by atoms with Crippen molar-refractivity contribution in [3.63, 3.8) is 0 Å². The lowest BCUT2D eigenvalue weighted by Crippen LogP contribution is -2.28. The van der Waals surface area contributed by atoms with Gasteiger partial charge >= 0.3 is 0 Å². The molecule has 1 aromatic heterocycles. The Morgan fingerprint density at radius 3 is 2.94 bits per heavy atom. The van der Waals surface area contributed by atoms with Crippen LogP contribution in [0.1, 0.15) is 31.5 Å². The maximum atomic E-state index is 5.54. The van der Waals surface area contributed by atoms with Gasteiger partial charge in [0.15, 0.2) is 0 Å². The van der Waals surface area contributed by atoms with Gasteiger partial charge in [-0.15, -0.1) is 0 Å². The van der Waals surface area contributed by atoms with E-state index in [1.54, 1.807) is 0 Å². The summed E-state index contributed by atoms with van der Waals surface area (Å²) in [5.74, 6) is 0.800. The highest BCUT2D eigenvalue weighted by Crippen LogP contribution is 2.33. The third-order valence-electron chi connectivity index (χ3n) is 3.45. The van der Waals surface area contributed by atoms with Gasteiger partial charge in [0.2, 0.25) is 5.95 Å². The number of nitrogens with zero attached hydrogens (tertiary/aromatic N) is 3. The molecule has 2 N–H and O–H groups in total. The molecule has 4 nitrogen and oxygen atoms in total. The number of rotatable bonds is 3. The van der Waals surface area contributed by atoms with E-state index in [1.807, 2.05) is 18.1 Å². The Kier molecular flexibility index (Phi) is 3.33. The third-order valence-corrected chi connectivity index (χ3v) is 3.45. The van der Waals surface area contributed by atoms with Gasteiger partial charge in [0.05, 0.1) is 0 Å². The number of aryl methyl sites for hydroxylation is 1. The van der Waals surface area contributed by atoms with Crippen LogP contribution in [-0.2, 0) is 12.8 Å². The number of fused-ring (bicyclic) bond motifs is 1. The normalized spacial score (nSPS) is 17.6. The summed E-state index contributed by atoms with van der Waals surface area (Å²) < 4.78 is 0. The van der Waals surface area contributed by atoms with Crippen LogP contribution in [0.3, 0.4) is 0 Å². The lowest BCUT2D eigenvalue weighted by atomic mass is 9.76. The highest BCUT2D eigenvalue weighted by molar-refractivity contribution is 5.33. The Hall–Kier alpha value is -1.16. The van der Waals surface area contributed by atoms with Crippen molar-refractivity contribution in [2.24, 2.45) is 11.1 Å². The first-order valence-corrected chi connectivity index (χ1v) is 6.28. The Balaban J connectivity index is 2.21. The van der Waals surface area contributed by atoms with Crippen LogP contribution in [0.15, 0.2) is 6.20 Å². The smallest absolute Gasteiger partial charge is 0.225 e. The first-order chi connectivity index (χ1) is 8.02. The molecule has 0 aliphatic heterocycles. The number of anilines is 1. The Labute approximate surface area is 103 Å². The molecule has 0 atom stereocenters. The zero-order valence-corrected chi connectivity index (χ0v) is 11.0. The minimum absolute atomic E-state index is 0.390. The quantitative estimate of drug-likeness (QED) is 0.858. The van der Waals surface area contributed by atoms with Crippen molar-refractivity contribution in [3.8, 4) is 0 Å². The van der Waals surface area contributed by atoms with Crippen LogP contribution in [0, 0.1) is 5.41 Å². The molecule has 0 saturated heterocycles. The molecular weight excluding hydrogens is 212 g/mol. The van der Waals surface area contributed by atoms with Crippen molar-refractivity contribution >= 4 is 5.95 Å². The van der Waals surface area contributed by atoms with Gasteiger partial charge in [-0.05, 0) is 30.2 Å². The first kappa shape index (κ1) is 12.3. The van der Waals surface area contributed by atoms with Crippen LogP contribution >= 0.6 is 0 Å². The van der Waals surface area contributed by atoms with Gasteiger partial charge in [-0.3, -0.25) is 0 Å². The van der Waals surface area contributed by atoms with E-state index in [0.717, 1.165) is 25.3 Å². The number of hydrogen-bond donors (Lipinski definition) is 1. The van der Waals surface area contributed by atoms with Gasteiger partial charge in [-0.25, -0.2) is 9.97 Å². The fraction of sp³-hybridized carbons (Fsp3) is 0.692. The van der Waals surface area contributed by atoms with Crippen molar-refractivity contribution in [2.45, 2.75) is 33.1 Å². The summed E-state index contributed by atoms with van der Waals surface area (Å²) in [6.07, 6.45) is 5.35. The van der Waals surface area contributed by atoms with Crippen LogP contribution in [0.5, 0.6) is 0 Å². The van der Waals surface area contributed by atoms with Gasteiger partial charge in [-0.1, -0.05) is 13.8 Å². The molecule has 0 aromatic carbocycles. The zero-order chi connectivity index (χ0) is 12.5. The standard InChI is InChI=1S/C13H22N4/c1-13(2)5-4-11-10(8-13)9-15-12(16-11)17(3)7-6-14/h9H,4-8,14H2,1-3H3. The topological polar surface area (TPSA) is 55.0 Å². The molecule has 4 heteroatoms. The van der Waals surface area contributed by atoms with E-state index in [9.17, 15) is 0 Å². The summed E-state index contributed by atoms with van der Waals surface area (Å²) in [4.78, 5) is 11.1. The van der Waals surface area contributed by atoms with Gasteiger partial charge in [0, 0.05) is 32.0 Å². The molecular formula is C13H22N4. The van der Waals surface area contributed by atoms with E-state index in [1.165, 1.54) is 17.7 Å². The highest BCUT2D eigenvalue weighted by Gasteiger charge is 2.26. The van der Waals surface area contributed by atoms with Crippen LogP contribution in [-0.4, -0.2) is 30.1 Å². The molecule has 0 bridgehead atoms. The largest absolute Gasteiger partial charge is 0.343 e. The molecule has 1 aliphatic rings. The van der Waals surface area contributed by atoms with Crippen molar-refractivity contribution in [1.29, 1.82) is 0 Å². The van der Waals surface area contributed by atoms with E-state index in [-0.39, 0.29) is 0 Å². The highest BCUT2D eigenvalue weighted by atomic mass is 15.2. The summed E-state index contributed by atoms with van der Waals surface area (Å²) in [6.45, 7) is 6.04. The molecule has 1 aliphatic carbocycles. The fourth-order valence-corrected chi connectivity index (χ4v) is 2.33. The summed E-state index contributed by atoms with van der Waals surface area (Å²) in [5, 5.41) is 0. The average molecular weight is 234 g/mol. The van der Waals surface area contributed by atoms with Crippen molar-refractivity contribution in [3.05, 3.63) is 17.5 Å². The van der Waals surface area contributed by atoms with Crippen LogP contribution < -0.4 is 10.6 Å². The zero-order valence-electron chi connectivity index (χ0n) is 11.0. The van der Waals surface area contributed by atoms with Gasteiger partial charge in [-0.2, -0.15) is 0 Å². The maximum Gasteiger partial charge on any atom is 0.225 e. The predicted molar refractivity (Wildman–Crippen MR) is 70.2 cm³/mol. The second-order valence-corrected chi connectivity index (χ2v) is 5.69. The number of likely N-dealkylation sites (N-methyl/N-ethyl adjacent to an activating group) is 1. The minimum Gasteiger partial charge on any atom is -0.343 e. The number of nitrogens with two attached hydrogens (primary N) is 1. The average Bonchev–Trinajstić information content (AvgIpc) is 2.27. The summed E-state index contributed by atoms with van der Waals surface area (Å²) in [5.41, 5.74) is 8.46. The molecule has 0 amide bonds. The minimum atomic E-state index is 0.390. The summed E-state index contributed by atoms with van der Waals surface area (Å²) >= 11 is 0. The van der Waals surface area contributed by atoms with E-state index < -0.39 is 0 Å². The molecule has 1 heterocycles. The lowest BCUT2D eigenvalue weighted by Gasteiger charge is -2.30. The summed E-state index contributed by atoms with van der Waals surface area (Å²) in [7, 11) is 1.99. The Morgan fingerprint density at radius 2 is 2.24 bits per heavy atom. The maximum absolute atomic E-state index is 5.54. The number of aromatic nitrogens is 2. The molecule has 0 saturated carbocycles. The van der Waals surface area contributed by atoms with Crippen molar-refractivity contribution in [2.75, 3.05) is 25.0 Å². The van der Waals surface area contributed by atoms with Crippen molar-refractivity contribution in [1.82, 2.24) is 9.97 Å². The summed E-state index contributed by atoms with van der Waals surface area (Å²) in [6, 6.07) is 0. The van der Waals surface area contributed by atoms with E-state index in [4.69, 9.17) is 5.73 Å². The van der Waals surface area contributed by atoms with Crippen LogP contribution in [0.2, 0.25) is 0 Å². The van der Waals surface area contributed by atoms with E-state index in [2.05, 4.69) is 23.8 Å². The molecule has 0 fully saturated rings. The van der Waals surface area contributed by atoms with Crippen LogP contribution in [0.25, 0.3) is 0 Å². The second-order valence-electron chi connectivity index (χ2n) is 5.69. The number of hydrogen-bond acceptors (Lipinski definition) is 4. The van der Waals surface area contributed by atoms with E-state index in [0.29, 0.717) is 12.0 Å². The third kappa shape index (κ3) is 2.75. The monoisotopic (exact) mass is 234 g/mol. The molecule has 1 aromatic rings. The lowest BCUT2D eigenvalue weighted by molar-refractivity contribution is 0.311. The van der Waals surface area contributed by atoms with Crippen LogP contribution in [0.4, 0.5) is 5.95 Å². The molecule has 17 heavy (non-hydrogen) atoms. The van der Waals surface area contributed by atoms with Crippen molar-refractivity contribution < 1.29 is 0 Å². The van der Waals surface area contributed by atoms with Gasteiger partial charge in [0.25, 0.3) is 0 Å². The van der Waals surface area contributed by atoms with Gasteiger partial charge in [0.1, 0.15) is 0 Å². The Morgan fingerprint density at radius 1 is 1.47 bits per heavy atom. The predicted octanol–water partition coefficient (Wildman–Crippen LogP) is 1.39. The van der Waals surface area contributed by atoms with Gasteiger partial charge < -0.3 is 10.6 Å². The molecule has 2 rings (SSSR count). The molecule has 0 unspecified atom stereocenters. The molecule has 0 spiro atoms. The second kappa shape index (κ2) is 4.61.